The molecule has 284 valence electrons. The highest BCUT2D eigenvalue weighted by molar-refractivity contribution is 7.99. The lowest BCUT2D eigenvalue weighted by atomic mass is 10.0. The van der Waals surface area contributed by atoms with E-state index in [1.165, 1.54) is 16.7 Å². The van der Waals surface area contributed by atoms with Crippen molar-refractivity contribution in [2.45, 2.75) is 79.5 Å². The van der Waals surface area contributed by atoms with Gasteiger partial charge in [0.15, 0.2) is 0 Å². The Morgan fingerprint density at radius 3 is 2.46 bits per heavy atom. The molecule has 2 aromatic heterocycles. The Morgan fingerprint density at radius 1 is 0.889 bits per heavy atom. The molecule has 1 aliphatic heterocycles. The molecule has 0 bridgehead atoms. The minimum atomic E-state index is -0.907. The van der Waals surface area contributed by atoms with Crippen molar-refractivity contribution in [1.29, 1.82) is 0 Å². The van der Waals surface area contributed by atoms with E-state index in [1.54, 1.807) is 13.2 Å². The van der Waals surface area contributed by atoms with Gasteiger partial charge in [-0.1, -0.05) is 59.8 Å². The van der Waals surface area contributed by atoms with Crippen molar-refractivity contribution in [3.05, 3.63) is 101 Å². The van der Waals surface area contributed by atoms with Crippen LogP contribution in [0.2, 0.25) is 5.02 Å². The van der Waals surface area contributed by atoms with E-state index < -0.39 is 18.1 Å². The van der Waals surface area contributed by atoms with Gasteiger partial charge in [0.05, 0.1) is 16.8 Å². The summed E-state index contributed by atoms with van der Waals surface area (Å²) in [4.78, 5) is 49.5. The first-order valence-electron chi connectivity index (χ1n) is 18.4. The predicted molar refractivity (Wildman–Crippen MR) is 214 cm³/mol. The molecule has 0 spiro atoms. The molecule has 14 heteroatoms. The first kappa shape index (κ1) is 39.0. The molecule has 6 rings (SSSR count). The maximum absolute atomic E-state index is 14.5. The quantitative estimate of drug-likeness (QED) is 0.0981. The van der Waals surface area contributed by atoms with Crippen molar-refractivity contribution in [1.82, 2.24) is 36.0 Å². The van der Waals surface area contributed by atoms with Gasteiger partial charge >= 0.3 is 0 Å². The lowest BCUT2D eigenvalue weighted by Crippen LogP contribution is -2.57. The number of nitrogens with zero attached hydrogens (tertiary/aromatic N) is 2. The molecule has 0 radical (unpaired) electrons. The first-order chi connectivity index (χ1) is 26.3. The number of unbranched alkanes of at least 4 members (excludes halogenated alkanes) is 1. The molecule has 0 saturated carbocycles. The standard InChI is InChI=1S/C40H48ClN9O3S/c1-50-35(21-27-23-44-32-11-4-3-10-29(27)32)39(52)46-24-28-19-26(31-15-18-47-49-31)20-30(41)37(28)54-36-14-5-2-9-25(36)22-45-33(13-8-17-43)38(51)48-34(40(50)53)12-6-7-16-42/h2-5,9-11,14-15,18-20,23,33-35,44-45H,6-8,12-13,16-17,21-22,24,42-43H2,1H3,(H,46,52)(H,47,49)(H,48,51)/t33-,34-,35-/m0/s1. The molecule has 0 aliphatic carbocycles. The van der Waals surface area contributed by atoms with Crippen LogP contribution in [0.3, 0.4) is 0 Å². The molecule has 3 aromatic carbocycles. The zero-order chi connectivity index (χ0) is 38.0. The van der Waals surface area contributed by atoms with Gasteiger partial charge < -0.3 is 37.3 Å². The second kappa shape index (κ2) is 18.6. The summed E-state index contributed by atoms with van der Waals surface area (Å²) < 4.78 is 0. The number of nitrogens with one attached hydrogen (secondary N) is 5. The lowest BCUT2D eigenvalue weighted by Gasteiger charge is -2.32. The highest BCUT2D eigenvalue weighted by Crippen LogP contribution is 2.40. The molecule has 54 heavy (non-hydrogen) atoms. The number of likely N-dealkylation sites (N-methyl/N-ethyl adjacent to an activating group) is 1. The van der Waals surface area contributed by atoms with Crippen molar-refractivity contribution in [3.8, 4) is 11.3 Å². The molecule has 0 fully saturated rings. The number of nitrogens with two attached hydrogens (primary N) is 2. The zero-order valence-electron chi connectivity index (χ0n) is 30.4. The highest BCUT2D eigenvalue weighted by atomic mass is 35.5. The number of amides is 3. The van der Waals surface area contributed by atoms with Crippen LogP contribution in [-0.2, 0) is 33.9 Å². The van der Waals surface area contributed by atoms with Crippen LogP contribution in [0, 0.1) is 0 Å². The topological polar surface area (TPSA) is 187 Å². The number of halogens is 1. The minimum absolute atomic E-state index is 0.146. The number of fused-ring (bicyclic) bond motifs is 3. The maximum atomic E-state index is 14.5. The number of H-pyrrole nitrogens is 2. The maximum Gasteiger partial charge on any atom is 0.245 e. The monoisotopic (exact) mass is 769 g/mol. The Labute approximate surface area is 324 Å². The number of hydrogen-bond donors (Lipinski definition) is 7. The number of aromatic amines is 2. The second-order valence-corrected chi connectivity index (χ2v) is 15.0. The van der Waals surface area contributed by atoms with Crippen LogP contribution in [0.4, 0.5) is 0 Å². The summed E-state index contributed by atoms with van der Waals surface area (Å²) >= 11 is 8.57. The van der Waals surface area contributed by atoms with Crippen molar-refractivity contribution < 1.29 is 14.4 Å². The van der Waals surface area contributed by atoms with Gasteiger partial charge in [-0.25, -0.2) is 0 Å². The van der Waals surface area contributed by atoms with Crippen LogP contribution in [0.15, 0.2) is 88.9 Å². The van der Waals surface area contributed by atoms with Crippen LogP contribution in [0.25, 0.3) is 22.2 Å². The summed E-state index contributed by atoms with van der Waals surface area (Å²) in [5.41, 5.74) is 16.9. The third-order valence-corrected chi connectivity index (χ3v) is 11.6. The van der Waals surface area contributed by atoms with E-state index in [4.69, 9.17) is 23.1 Å². The van der Waals surface area contributed by atoms with Gasteiger partial charge in [-0.05, 0) is 92.2 Å². The molecular weight excluding hydrogens is 722 g/mol. The molecular formula is C40H48ClN9O3S. The molecule has 3 heterocycles. The van der Waals surface area contributed by atoms with Crippen LogP contribution < -0.4 is 27.4 Å². The molecule has 1 aliphatic rings. The SMILES string of the molecule is CN1C(=O)[C@H](CCCCN)NC(=O)[C@H](CCCN)NCc2ccccc2Sc2c(Cl)cc(-c3ccn[nH]3)cc2CNC(=O)[C@@H]1Cc1c[nH]c2ccccc12. The van der Waals surface area contributed by atoms with Gasteiger partial charge in [0.25, 0.3) is 0 Å². The van der Waals surface area contributed by atoms with E-state index in [2.05, 4.69) is 31.1 Å². The van der Waals surface area contributed by atoms with Crippen molar-refractivity contribution in [3.63, 3.8) is 0 Å². The Bertz CT molecular complexity index is 2050. The van der Waals surface area contributed by atoms with Gasteiger partial charge in [0.2, 0.25) is 17.7 Å². The number of carbonyl (C=O) groups excluding carboxylic acids is 3. The number of rotatable bonds is 10. The van der Waals surface area contributed by atoms with E-state index in [-0.39, 0.29) is 30.7 Å². The zero-order valence-corrected chi connectivity index (χ0v) is 31.9. The van der Waals surface area contributed by atoms with Crippen molar-refractivity contribution in [2.24, 2.45) is 11.5 Å². The molecule has 3 atom stereocenters. The van der Waals surface area contributed by atoms with E-state index in [0.29, 0.717) is 56.8 Å². The predicted octanol–water partition coefficient (Wildman–Crippen LogP) is 4.87. The number of benzene rings is 3. The molecule has 5 aromatic rings. The number of aromatic nitrogens is 3. The molecule has 12 nitrogen and oxygen atoms in total. The van der Waals surface area contributed by atoms with E-state index in [9.17, 15) is 14.4 Å². The average molecular weight is 770 g/mol. The molecule has 3 amide bonds. The summed E-state index contributed by atoms with van der Waals surface area (Å²) in [6, 6.07) is 19.2. The highest BCUT2D eigenvalue weighted by Gasteiger charge is 2.34. The number of para-hydroxylation sites is 1. The molecule has 0 unspecified atom stereocenters. The summed E-state index contributed by atoms with van der Waals surface area (Å²) in [5.74, 6) is -0.989. The minimum Gasteiger partial charge on any atom is -0.361 e. The fourth-order valence-electron chi connectivity index (χ4n) is 6.84. The van der Waals surface area contributed by atoms with Crippen LogP contribution >= 0.6 is 23.4 Å². The second-order valence-electron chi connectivity index (χ2n) is 13.6. The first-order valence-corrected chi connectivity index (χ1v) is 19.6. The van der Waals surface area contributed by atoms with Gasteiger partial charge in [0.1, 0.15) is 12.1 Å². The van der Waals surface area contributed by atoms with Crippen LogP contribution in [0.1, 0.15) is 48.8 Å². The fraction of sp³-hybridized carbons (Fsp3) is 0.350. The largest absolute Gasteiger partial charge is 0.361 e. The summed E-state index contributed by atoms with van der Waals surface area (Å²) in [7, 11) is 1.63. The van der Waals surface area contributed by atoms with Gasteiger partial charge in [-0.15, -0.1) is 0 Å². The van der Waals surface area contributed by atoms with Crippen molar-refractivity contribution in [2.75, 3.05) is 20.1 Å². The Balaban J connectivity index is 1.43. The molecule has 9 N–H and O–H groups in total. The van der Waals surface area contributed by atoms with Gasteiger partial charge in [0, 0.05) is 65.2 Å². The Hall–Kier alpha value is -4.66. The lowest BCUT2D eigenvalue weighted by molar-refractivity contribution is -0.142. The third-order valence-electron chi connectivity index (χ3n) is 9.89. The summed E-state index contributed by atoms with van der Waals surface area (Å²) in [6.45, 7) is 1.41. The summed E-state index contributed by atoms with van der Waals surface area (Å²) in [5, 5.41) is 18.3. The Kier molecular flexibility index (Phi) is 13.4. The summed E-state index contributed by atoms with van der Waals surface area (Å²) in [6.07, 6.45) is 6.58. The van der Waals surface area contributed by atoms with E-state index >= 15 is 0 Å². The normalized spacial score (nSPS) is 18.9. The van der Waals surface area contributed by atoms with Crippen molar-refractivity contribution >= 4 is 52.0 Å². The van der Waals surface area contributed by atoms with Crippen LogP contribution in [0.5, 0.6) is 0 Å². The van der Waals surface area contributed by atoms with E-state index in [1.807, 2.05) is 72.9 Å². The van der Waals surface area contributed by atoms with Crippen LogP contribution in [-0.4, -0.2) is 76.1 Å². The van der Waals surface area contributed by atoms with E-state index in [0.717, 1.165) is 48.6 Å². The van der Waals surface area contributed by atoms with Gasteiger partial charge in [-0.3, -0.25) is 19.5 Å². The fourth-order valence-corrected chi connectivity index (χ4v) is 8.26. The Morgan fingerprint density at radius 2 is 1.67 bits per heavy atom. The average Bonchev–Trinajstić information content (AvgIpc) is 3.87. The smallest absolute Gasteiger partial charge is 0.245 e. The van der Waals surface area contributed by atoms with Gasteiger partial charge in [-0.2, -0.15) is 5.10 Å². The molecule has 0 saturated heterocycles. The number of hydrogen-bond acceptors (Lipinski definition) is 8. The number of carbonyl (C=O) groups is 3. The third kappa shape index (κ3) is 9.34.